The van der Waals surface area contributed by atoms with E-state index in [9.17, 15) is 9.59 Å². The molecule has 1 rings (SSSR count). The molecule has 0 amide bonds. The minimum atomic E-state index is -0.401. The van der Waals surface area contributed by atoms with Gasteiger partial charge in [-0.3, -0.25) is 0 Å². The highest BCUT2D eigenvalue weighted by Crippen LogP contribution is 2.10. The molecule has 144 valence electrons. The van der Waals surface area contributed by atoms with Crippen molar-refractivity contribution in [1.82, 2.24) is 0 Å². The van der Waals surface area contributed by atoms with Gasteiger partial charge in [0.25, 0.3) is 0 Å². The molecule has 0 aromatic heterocycles. The average Bonchev–Trinajstić information content (AvgIpc) is 2.66. The van der Waals surface area contributed by atoms with Gasteiger partial charge in [-0.25, -0.2) is 9.59 Å². The quantitative estimate of drug-likeness (QED) is 0.256. The molecule has 0 saturated heterocycles. The molecule has 0 radical (unpaired) electrons. The lowest BCUT2D eigenvalue weighted by Gasteiger charge is -2.06. The van der Waals surface area contributed by atoms with Crippen LogP contribution >= 0.6 is 0 Å². The topological polar surface area (TPSA) is 52.6 Å². The van der Waals surface area contributed by atoms with Crippen LogP contribution in [-0.4, -0.2) is 25.2 Å². The van der Waals surface area contributed by atoms with Gasteiger partial charge in [0.1, 0.15) is 6.61 Å². The third-order valence-corrected chi connectivity index (χ3v) is 4.13. The predicted molar refractivity (Wildman–Crippen MR) is 104 cm³/mol. The Morgan fingerprint density at radius 2 is 1.31 bits per heavy atom. The average molecular weight is 360 g/mol. The van der Waals surface area contributed by atoms with E-state index < -0.39 is 5.97 Å². The highest BCUT2D eigenvalue weighted by Gasteiger charge is 2.10. The van der Waals surface area contributed by atoms with E-state index in [1.165, 1.54) is 38.5 Å². The second-order valence-corrected chi connectivity index (χ2v) is 6.36. The fraction of sp³-hybridized carbons (Fsp3) is 0.545. The fourth-order valence-corrected chi connectivity index (χ4v) is 2.53. The molecule has 0 fully saturated rings. The van der Waals surface area contributed by atoms with E-state index in [4.69, 9.17) is 9.47 Å². The first kappa shape index (κ1) is 21.9. The van der Waals surface area contributed by atoms with E-state index in [-0.39, 0.29) is 12.6 Å². The molecule has 1 aromatic carbocycles. The van der Waals surface area contributed by atoms with Gasteiger partial charge in [0.2, 0.25) is 0 Å². The van der Waals surface area contributed by atoms with Crippen LogP contribution in [-0.2, 0) is 9.47 Å². The molecule has 0 saturated carbocycles. The lowest BCUT2D eigenvalue weighted by Crippen LogP contribution is -2.08. The summed E-state index contributed by atoms with van der Waals surface area (Å²) in [6.45, 7) is 4.78. The van der Waals surface area contributed by atoms with Gasteiger partial charge in [0, 0.05) is 0 Å². The lowest BCUT2D eigenvalue weighted by molar-refractivity contribution is 0.0494. The Kier molecular flexibility index (Phi) is 11.9. The Labute approximate surface area is 157 Å². The first-order chi connectivity index (χ1) is 12.7. The predicted octanol–water partition coefficient (Wildman–Crippen LogP) is 5.72. The van der Waals surface area contributed by atoms with E-state index in [1.807, 2.05) is 13.0 Å². The first-order valence-corrected chi connectivity index (χ1v) is 9.74. The monoisotopic (exact) mass is 360 g/mol. The third-order valence-electron chi connectivity index (χ3n) is 4.13. The highest BCUT2D eigenvalue weighted by atomic mass is 16.5. The van der Waals surface area contributed by atoms with Gasteiger partial charge in [-0.1, -0.05) is 64.0 Å². The summed E-state index contributed by atoms with van der Waals surface area (Å²) in [4.78, 5) is 23.8. The maximum atomic E-state index is 12.0. The first-order valence-electron chi connectivity index (χ1n) is 9.74. The number of benzene rings is 1. The molecule has 0 heterocycles. The third kappa shape index (κ3) is 9.40. The molecule has 0 bridgehead atoms. The number of allylic oxidation sites excluding steroid dienone is 1. The van der Waals surface area contributed by atoms with Crippen LogP contribution in [0, 0.1) is 0 Å². The lowest BCUT2D eigenvalue weighted by atomic mass is 10.1. The summed E-state index contributed by atoms with van der Waals surface area (Å²) in [6, 6.07) is 6.38. The van der Waals surface area contributed by atoms with Crippen molar-refractivity contribution in [3.63, 3.8) is 0 Å². The summed E-state index contributed by atoms with van der Waals surface area (Å²) in [7, 11) is 0. The van der Waals surface area contributed by atoms with Gasteiger partial charge in [-0.15, -0.1) is 0 Å². The summed E-state index contributed by atoms with van der Waals surface area (Å²) in [5.41, 5.74) is 0.878. The Balaban J connectivity index is 2.21. The Bertz CT molecular complexity index is 546. The zero-order chi connectivity index (χ0) is 19.0. The normalized spacial score (nSPS) is 10.8. The highest BCUT2D eigenvalue weighted by molar-refractivity contribution is 5.93. The van der Waals surface area contributed by atoms with Crippen molar-refractivity contribution < 1.29 is 19.1 Å². The van der Waals surface area contributed by atoms with E-state index >= 15 is 0 Å². The molecule has 4 heteroatoms. The molecular formula is C22H32O4. The van der Waals surface area contributed by atoms with Gasteiger partial charge >= 0.3 is 11.9 Å². The van der Waals surface area contributed by atoms with Crippen molar-refractivity contribution in [1.29, 1.82) is 0 Å². The molecular weight excluding hydrogens is 328 g/mol. The van der Waals surface area contributed by atoms with E-state index in [1.54, 1.807) is 30.3 Å². The van der Waals surface area contributed by atoms with Crippen molar-refractivity contribution in [2.75, 3.05) is 13.2 Å². The molecule has 0 unspecified atom stereocenters. The van der Waals surface area contributed by atoms with Crippen LogP contribution in [0.3, 0.4) is 0 Å². The van der Waals surface area contributed by atoms with E-state index in [0.717, 1.165) is 12.8 Å². The largest absolute Gasteiger partial charge is 0.462 e. The van der Waals surface area contributed by atoms with Crippen LogP contribution < -0.4 is 0 Å². The van der Waals surface area contributed by atoms with Crippen LogP contribution in [0.15, 0.2) is 36.4 Å². The maximum absolute atomic E-state index is 12.0. The molecule has 0 atom stereocenters. The standard InChI is InChI=1S/C22H32O4/c1-3-5-7-8-9-10-11-12-18-26-22(24)20-15-13-19(14-16-20)21(23)25-17-6-4-2/h4,6,13-16H,3,5,7-12,17-18H2,1-2H3/b6-4+. The molecule has 0 aliphatic rings. The molecule has 0 N–H and O–H groups in total. The van der Waals surface area contributed by atoms with Crippen molar-refractivity contribution in [2.24, 2.45) is 0 Å². The van der Waals surface area contributed by atoms with Gasteiger partial charge in [0.15, 0.2) is 0 Å². The van der Waals surface area contributed by atoms with Crippen LogP contribution in [0.1, 0.15) is 85.9 Å². The zero-order valence-electron chi connectivity index (χ0n) is 16.2. The van der Waals surface area contributed by atoms with Crippen LogP contribution in [0.4, 0.5) is 0 Å². The number of hydrogen-bond acceptors (Lipinski definition) is 4. The minimum absolute atomic E-state index is 0.248. The Hall–Kier alpha value is -2.10. The minimum Gasteiger partial charge on any atom is -0.462 e. The number of unbranched alkanes of at least 4 members (excludes halogenated alkanes) is 7. The molecule has 4 nitrogen and oxygen atoms in total. The molecule has 0 spiro atoms. The zero-order valence-corrected chi connectivity index (χ0v) is 16.2. The van der Waals surface area contributed by atoms with Crippen LogP contribution in [0.25, 0.3) is 0 Å². The van der Waals surface area contributed by atoms with E-state index in [0.29, 0.717) is 17.7 Å². The van der Waals surface area contributed by atoms with Gasteiger partial charge in [-0.05, 0) is 37.6 Å². The fourth-order valence-electron chi connectivity index (χ4n) is 2.53. The molecule has 0 aliphatic heterocycles. The van der Waals surface area contributed by atoms with Gasteiger partial charge in [0.05, 0.1) is 17.7 Å². The summed E-state index contributed by atoms with van der Waals surface area (Å²) in [6.07, 6.45) is 13.3. The van der Waals surface area contributed by atoms with E-state index in [2.05, 4.69) is 6.92 Å². The molecule has 1 aromatic rings. The molecule has 26 heavy (non-hydrogen) atoms. The Morgan fingerprint density at radius 3 is 1.85 bits per heavy atom. The van der Waals surface area contributed by atoms with Crippen LogP contribution in [0.2, 0.25) is 0 Å². The van der Waals surface area contributed by atoms with Gasteiger partial charge < -0.3 is 9.47 Å². The maximum Gasteiger partial charge on any atom is 0.338 e. The summed E-state index contributed by atoms with van der Waals surface area (Å²) in [5, 5.41) is 0. The SMILES string of the molecule is C/C=C/COC(=O)c1ccc(C(=O)OCCCCCCCCCC)cc1. The number of carbonyl (C=O) groups is 2. The van der Waals surface area contributed by atoms with Gasteiger partial charge in [-0.2, -0.15) is 0 Å². The number of hydrogen-bond donors (Lipinski definition) is 0. The number of esters is 2. The number of carbonyl (C=O) groups excluding carboxylic acids is 2. The second-order valence-electron chi connectivity index (χ2n) is 6.36. The van der Waals surface area contributed by atoms with Crippen LogP contribution in [0.5, 0.6) is 0 Å². The summed E-state index contributed by atoms with van der Waals surface area (Å²) >= 11 is 0. The second kappa shape index (κ2) is 14.1. The van der Waals surface area contributed by atoms with Crippen molar-refractivity contribution in [3.8, 4) is 0 Å². The van der Waals surface area contributed by atoms with Crippen molar-refractivity contribution in [2.45, 2.75) is 65.2 Å². The summed E-state index contributed by atoms with van der Waals surface area (Å²) in [5.74, 6) is -0.747. The van der Waals surface area contributed by atoms with Crippen molar-refractivity contribution in [3.05, 3.63) is 47.5 Å². The Morgan fingerprint density at radius 1 is 0.808 bits per heavy atom. The molecule has 0 aliphatic carbocycles. The smallest absolute Gasteiger partial charge is 0.338 e. The number of ether oxygens (including phenoxy) is 2. The number of rotatable bonds is 13. The summed E-state index contributed by atoms with van der Waals surface area (Å²) < 4.78 is 10.3. The van der Waals surface area contributed by atoms with Crippen molar-refractivity contribution >= 4 is 11.9 Å².